The lowest BCUT2D eigenvalue weighted by atomic mass is 9.80. The van der Waals surface area contributed by atoms with Crippen molar-refractivity contribution in [3.63, 3.8) is 0 Å². The summed E-state index contributed by atoms with van der Waals surface area (Å²) in [6.07, 6.45) is 5.57. The molecule has 2 aliphatic rings. The summed E-state index contributed by atoms with van der Waals surface area (Å²) in [5.74, 6) is -0.191. The minimum Gasteiger partial charge on any atom is -0.494 e. The van der Waals surface area contributed by atoms with E-state index in [1.165, 1.54) is 4.88 Å². The van der Waals surface area contributed by atoms with Crippen molar-refractivity contribution < 1.29 is 22.7 Å². The van der Waals surface area contributed by atoms with E-state index < -0.39 is 27.4 Å². The summed E-state index contributed by atoms with van der Waals surface area (Å²) < 4.78 is 31.1. The Hall–Kier alpha value is -2.65. The number of hydrogen-bond acceptors (Lipinski definition) is 6. The molecule has 182 valence electrons. The predicted octanol–water partition coefficient (Wildman–Crippen LogP) is 4.07. The largest absolute Gasteiger partial charge is 0.494 e. The molecule has 1 saturated carbocycles. The lowest BCUT2D eigenvalue weighted by Gasteiger charge is -2.37. The number of carbonyl (C=O) groups is 2. The van der Waals surface area contributed by atoms with Gasteiger partial charge in [0.1, 0.15) is 11.3 Å². The zero-order valence-corrected chi connectivity index (χ0v) is 21.3. The molecule has 0 saturated heterocycles. The van der Waals surface area contributed by atoms with Gasteiger partial charge in [-0.3, -0.25) is 9.59 Å². The molecule has 1 aliphatic carbocycles. The van der Waals surface area contributed by atoms with Gasteiger partial charge in [0.25, 0.3) is 11.8 Å². The van der Waals surface area contributed by atoms with Crippen LogP contribution < -0.4 is 14.8 Å². The van der Waals surface area contributed by atoms with Crippen LogP contribution in [0.4, 0.5) is 0 Å². The van der Waals surface area contributed by atoms with Crippen molar-refractivity contribution in [2.45, 2.75) is 57.4 Å². The monoisotopic (exact) mass is 502 g/mol. The van der Waals surface area contributed by atoms with Crippen LogP contribution in [0.1, 0.15) is 67.2 Å². The molecule has 7 nitrogen and oxygen atoms in total. The Morgan fingerprint density at radius 2 is 1.91 bits per heavy atom. The van der Waals surface area contributed by atoms with Crippen molar-refractivity contribution in [2.75, 3.05) is 12.9 Å². The maximum Gasteiger partial charge on any atom is 0.270 e. The van der Waals surface area contributed by atoms with Crippen LogP contribution in [-0.4, -0.2) is 33.1 Å². The first-order valence-corrected chi connectivity index (χ1v) is 14.2. The van der Waals surface area contributed by atoms with Crippen molar-refractivity contribution in [3.05, 3.63) is 57.3 Å². The van der Waals surface area contributed by atoms with Crippen molar-refractivity contribution >= 4 is 38.7 Å². The number of hydrogen-bond donors (Lipinski definition) is 2. The van der Waals surface area contributed by atoms with Crippen molar-refractivity contribution in [2.24, 2.45) is 0 Å². The van der Waals surface area contributed by atoms with E-state index in [1.807, 2.05) is 48.0 Å². The summed E-state index contributed by atoms with van der Waals surface area (Å²) in [6, 6.07) is 11.6. The van der Waals surface area contributed by atoms with Gasteiger partial charge in [-0.25, -0.2) is 13.1 Å². The zero-order valence-electron chi connectivity index (χ0n) is 19.6. The van der Waals surface area contributed by atoms with Gasteiger partial charge in [0.05, 0.1) is 18.4 Å². The average Bonchev–Trinajstić information content (AvgIpc) is 3.49. The third-order valence-electron chi connectivity index (χ3n) is 6.12. The summed E-state index contributed by atoms with van der Waals surface area (Å²) in [4.78, 5) is 28.2. The molecule has 1 aromatic carbocycles. The summed E-state index contributed by atoms with van der Waals surface area (Å²) in [5.41, 5.74) is 0.523. The Morgan fingerprint density at radius 1 is 1.21 bits per heavy atom. The Bertz CT molecular complexity index is 1230. The van der Waals surface area contributed by atoms with Crippen molar-refractivity contribution in [1.29, 1.82) is 0 Å². The first kappa shape index (κ1) is 24.5. The fourth-order valence-electron chi connectivity index (χ4n) is 4.14. The molecule has 1 aliphatic heterocycles. The molecular weight excluding hydrogens is 472 g/mol. The first-order valence-electron chi connectivity index (χ1n) is 11.5. The molecule has 4 rings (SSSR count). The van der Waals surface area contributed by atoms with Gasteiger partial charge in [-0.1, -0.05) is 25.5 Å². The zero-order chi connectivity index (χ0) is 24.5. The Morgan fingerprint density at radius 3 is 2.53 bits per heavy atom. The van der Waals surface area contributed by atoms with Gasteiger partial charge < -0.3 is 10.1 Å². The molecule has 2 N–H and O–H groups in total. The van der Waals surface area contributed by atoms with Gasteiger partial charge in [0.2, 0.25) is 10.0 Å². The topological polar surface area (TPSA) is 102 Å². The van der Waals surface area contributed by atoms with E-state index in [-0.39, 0.29) is 5.57 Å². The van der Waals surface area contributed by atoms with E-state index in [1.54, 1.807) is 11.3 Å². The van der Waals surface area contributed by atoms with Gasteiger partial charge in [0, 0.05) is 16.2 Å². The Labute approximate surface area is 204 Å². The standard InChI is InChI=1S/C25H30N2O5S2/c1-4-5-14-32-18-10-8-17(9-11-18)25(2)15-19(21-13-12-20(33-21)16-6-7-16)22(23(28)26-25)24(29)27-34(3,30)31/h8-13,16H,4-7,14-15H2,1-3H3,(H,26,28)(H,27,29)/t25-/m0/s1. The van der Waals surface area contributed by atoms with Crippen LogP contribution in [0, 0.1) is 0 Å². The molecule has 0 bridgehead atoms. The van der Waals surface area contributed by atoms with Crippen LogP contribution in [0.2, 0.25) is 0 Å². The second kappa shape index (κ2) is 9.54. The quantitative estimate of drug-likeness (QED) is 0.398. The molecule has 0 spiro atoms. The molecule has 0 unspecified atom stereocenters. The number of thiophene rings is 1. The third kappa shape index (κ3) is 5.52. The summed E-state index contributed by atoms with van der Waals surface area (Å²) in [5, 5.41) is 2.95. The Balaban J connectivity index is 1.69. The SMILES string of the molecule is CCCCOc1ccc([C@]2(C)CC(c3ccc(C4CC4)s3)=C(C(=O)NS(C)(=O)=O)C(=O)N2)cc1. The van der Waals surface area contributed by atoms with Gasteiger partial charge in [-0.15, -0.1) is 11.3 Å². The van der Waals surface area contributed by atoms with E-state index >= 15 is 0 Å². The molecule has 0 radical (unpaired) electrons. The lowest BCUT2D eigenvalue weighted by Crippen LogP contribution is -2.50. The smallest absolute Gasteiger partial charge is 0.270 e. The van der Waals surface area contributed by atoms with Gasteiger partial charge in [-0.05, 0) is 67.5 Å². The van der Waals surface area contributed by atoms with E-state index in [0.717, 1.165) is 48.1 Å². The highest BCUT2D eigenvalue weighted by molar-refractivity contribution is 7.89. The van der Waals surface area contributed by atoms with E-state index in [9.17, 15) is 18.0 Å². The molecule has 2 aromatic rings. The van der Waals surface area contributed by atoms with E-state index in [4.69, 9.17) is 4.74 Å². The van der Waals surface area contributed by atoms with Gasteiger partial charge >= 0.3 is 0 Å². The fourth-order valence-corrected chi connectivity index (χ4v) is 5.80. The van der Waals surface area contributed by atoms with Crippen LogP contribution in [-0.2, 0) is 25.2 Å². The predicted molar refractivity (Wildman–Crippen MR) is 133 cm³/mol. The molecule has 34 heavy (non-hydrogen) atoms. The molecule has 1 aromatic heterocycles. The minimum absolute atomic E-state index is 0.147. The van der Waals surface area contributed by atoms with Gasteiger partial charge in [0.15, 0.2) is 0 Å². The molecular formula is C25H30N2O5S2. The number of benzene rings is 1. The highest BCUT2D eigenvalue weighted by Crippen LogP contribution is 2.47. The lowest BCUT2D eigenvalue weighted by molar-refractivity contribution is -0.124. The third-order valence-corrected chi connectivity index (χ3v) is 7.98. The second-order valence-electron chi connectivity index (χ2n) is 9.22. The average molecular weight is 503 g/mol. The minimum atomic E-state index is -3.82. The van der Waals surface area contributed by atoms with E-state index in [2.05, 4.69) is 12.2 Å². The summed E-state index contributed by atoms with van der Waals surface area (Å²) in [7, 11) is -3.82. The number of carbonyl (C=O) groups excluding carboxylic acids is 2. The molecule has 2 heterocycles. The second-order valence-corrected chi connectivity index (χ2v) is 12.1. The van der Waals surface area contributed by atoms with Crippen molar-refractivity contribution in [3.8, 4) is 5.75 Å². The van der Waals surface area contributed by atoms with Crippen LogP contribution in [0.15, 0.2) is 42.0 Å². The number of sulfonamides is 1. The number of unbranched alkanes of at least 4 members (excludes halogenated alkanes) is 1. The fraction of sp³-hybridized carbons (Fsp3) is 0.440. The Kier molecular flexibility index (Phi) is 6.87. The number of nitrogens with one attached hydrogen (secondary N) is 2. The normalized spacial score (nSPS) is 20.7. The number of rotatable bonds is 9. The highest BCUT2D eigenvalue weighted by atomic mass is 32.2. The van der Waals surface area contributed by atoms with Crippen molar-refractivity contribution in [1.82, 2.24) is 10.0 Å². The molecule has 9 heteroatoms. The number of amides is 2. The maximum absolute atomic E-state index is 13.2. The summed E-state index contributed by atoms with van der Waals surface area (Å²) >= 11 is 1.57. The number of ether oxygens (including phenoxy) is 1. The van der Waals surface area contributed by atoms with Crippen LogP contribution in [0.5, 0.6) is 5.75 Å². The highest BCUT2D eigenvalue weighted by Gasteiger charge is 2.41. The molecule has 1 atom stereocenters. The molecule has 2 amide bonds. The first-order chi connectivity index (χ1) is 16.1. The maximum atomic E-state index is 13.2. The van der Waals surface area contributed by atoms with Crippen LogP contribution in [0.3, 0.4) is 0 Å². The van der Waals surface area contributed by atoms with Gasteiger partial charge in [-0.2, -0.15) is 0 Å². The van der Waals surface area contributed by atoms with E-state index in [0.29, 0.717) is 24.5 Å². The summed E-state index contributed by atoms with van der Waals surface area (Å²) in [6.45, 7) is 4.67. The van der Waals surface area contributed by atoms with Crippen LogP contribution >= 0.6 is 11.3 Å². The molecule has 1 fully saturated rings. The van der Waals surface area contributed by atoms with Crippen LogP contribution in [0.25, 0.3) is 5.57 Å².